The number of halogens is 2. The molecule has 5 nitrogen and oxygen atoms in total. The van der Waals surface area contributed by atoms with Crippen molar-refractivity contribution >= 4 is 29.1 Å². The minimum Gasteiger partial charge on any atom is -1.00 e. The van der Waals surface area contributed by atoms with E-state index < -0.39 is 11.4 Å². The smallest absolute Gasteiger partial charge is 0.372 e. The molecule has 1 heterocycles. The van der Waals surface area contributed by atoms with Gasteiger partial charge >= 0.3 is 5.97 Å². The minimum atomic E-state index is -1.48. The molecule has 31 heavy (non-hydrogen) atoms. The number of ketones is 2. The molecule has 0 amide bonds. The summed E-state index contributed by atoms with van der Waals surface area (Å²) in [5.41, 5.74) is 0.0198. The summed E-state index contributed by atoms with van der Waals surface area (Å²) >= 11 is 5.97. The summed E-state index contributed by atoms with van der Waals surface area (Å²) in [6.07, 6.45) is 3.61. The summed E-state index contributed by atoms with van der Waals surface area (Å²) in [4.78, 5) is 39.1. The highest BCUT2D eigenvalue weighted by molar-refractivity contribution is 6.31. The Kier molecular flexibility index (Phi) is 6.88. The zero-order valence-electron chi connectivity index (χ0n) is 16.5. The van der Waals surface area contributed by atoms with E-state index in [1.54, 1.807) is 77.6 Å². The summed E-state index contributed by atoms with van der Waals surface area (Å²) < 4.78 is 7.14. The summed E-state index contributed by atoms with van der Waals surface area (Å²) in [5.74, 6) is -1.16. The summed E-state index contributed by atoms with van der Waals surface area (Å²) in [6.45, 7) is -0.318. The van der Waals surface area contributed by atoms with Gasteiger partial charge in [-0.2, -0.15) is 4.57 Å². The fourth-order valence-corrected chi connectivity index (χ4v) is 3.86. The number of fused-ring (bicyclic) bond motifs is 1. The maximum Gasteiger partial charge on any atom is 0.372 e. The number of carbonyl (C=O) groups excluding carboxylic acids is 3. The van der Waals surface area contributed by atoms with Gasteiger partial charge in [0, 0.05) is 28.3 Å². The topological polar surface area (TPSA) is 64.3 Å². The highest BCUT2D eigenvalue weighted by atomic mass is 35.5. The molecule has 0 unspecified atom stereocenters. The third-order valence-electron chi connectivity index (χ3n) is 5.27. The maximum atomic E-state index is 13.3. The van der Waals surface area contributed by atoms with E-state index in [0.29, 0.717) is 16.1 Å². The van der Waals surface area contributed by atoms with Crippen LogP contribution in [0.4, 0.5) is 0 Å². The van der Waals surface area contributed by atoms with E-state index in [0.717, 1.165) is 5.56 Å². The number of benzene rings is 2. The van der Waals surface area contributed by atoms with Gasteiger partial charge in [-0.25, -0.2) is 4.79 Å². The monoisotopic (exact) mass is 455 g/mol. The van der Waals surface area contributed by atoms with Crippen LogP contribution in [0, 0.1) is 5.41 Å². The summed E-state index contributed by atoms with van der Waals surface area (Å²) in [5, 5.41) is 0.562. The molecule has 0 bridgehead atoms. The first kappa shape index (κ1) is 22.7. The van der Waals surface area contributed by atoms with Crippen molar-refractivity contribution in [2.45, 2.75) is 13.0 Å². The fourth-order valence-electron chi connectivity index (χ4n) is 3.73. The standard InChI is InChI=1S/C24H19ClNO4.ClH/c25-18-10-8-17(9-11-18)14-24(16-30-21(27)15-26-12-4-1-5-13-26)22(28)19-6-2-3-7-20(19)23(24)29;/h1-13H,14-16H2;1H/q+1;/p-1. The Labute approximate surface area is 191 Å². The maximum absolute atomic E-state index is 13.3. The van der Waals surface area contributed by atoms with Crippen molar-refractivity contribution in [3.63, 3.8) is 0 Å². The predicted molar refractivity (Wildman–Crippen MR) is 110 cm³/mol. The first-order chi connectivity index (χ1) is 14.5. The van der Waals surface area contributed by atoms with Crippen LogP contribution in [-0.4, -0.2) is 24.1 Å². The van der Waals surface area contributed by atoms with Crippen LogP contribution in [-0.2, 0) is 22.5 Å². The number of pyridine rings is 1. The predicted octanol–water partition coefficient (Wildman–Crippen LogP) is 0.483. The van der Waals surface area contributed by atoms with E-state index >= 15 is 0 Å². The van der Waals surface area contributed by atoms with Gasteiger partial charge in [0.25, 0.3) is 0 Å². The van der Waals surface area contributed by atoms with Gasteiger partial charge in [0.2, 0.25) is 6.54 Å². The van der Waals surface area contributed by atoms with Crippen LogP contribution in [0.15, 0.2) is 79.1 Å². The first-order valence-electron chi connectivity index (χ1n) is 9.52. The third-order valence-corrected chi connectivity index (χ3v) is 5.53. The zero-order valence-corrected chi connectivity index (χ0v) is 18.0. The molecule has 1 aliphatic carbocycles. The molecule has 0 fully saturated rings. The molecule has 2 aromatic carbocycles. The molecule has 1 aliphatic rings. The lowest BCUT2D eigenvalue weighted by molar-refractivity contribution is -0.686. The van der Waals surface area contributed by atoms with Crippen molar-refractivity contribution in [2.24, 2.45) is 5.41 Å². The molecule has 0 saturated heterocycles. The van der Waals surface area contributed by atoms with Gasteiger partial charge in [0.15, 0.2) is 24.0 Å². The minimum absolute atomic E-state index is 0. The second-order valence-electron chi connectivity index (χ2n) is 7.30. The Morgan fingerprint density at radius 2 is 1.45 bits per heavy atom. The normalized spacial score (nSPS) is 14.0. The Balaban J connectivity index is 0.00000272. The van der Waals surface area contributed by atoms with Crippen LogP contribution < -0.4 is 17.0 Å². The van der Waals surface area contributed by atoms with Gasteiger partial charge in [-0.05, 0) is 24.1 Å². The van der Waals surface area contributed by atoms with Crippen molar-refractivity contribution in [1.29, 1.82) is 0 Å². The largest absolute Gasteiger partial charge is 1.00 e. The Morgan fingerprint density at radius 3 is 2.03 bits per heavy atom. The van der Waals surface area contributed by atoms with E-state index in [4.69, 9.17) is 16.3 Å². The van der Waals surface area contributed by atoms with E-state index in [9.17, 15) is 14.4 Å². The number of nitrogens with zero attached hydrogens (tertiary/aromatic N) is 1. The second-order valence-corrected chi connectivity index (χ2v) is 7.73. The molecule has 3 aromatic rings. The zero-order chi connectivity index (χ0) is 21.1. The van der Waals surface area contributed by atoms with Gasteiger partial charge in [-0.15, -0.1) is 0 Å². The van der Waals surface area contributed by atoms with Crippen molar-refractivity contribution in [3.8, 4) is 0 Å². The van der Waals surface area contributed by atoms with Crippen LogP contribution in [0.5, 0.6) is 0 Å². The van der Waals surface area contributed by atoms with Crippen LogP contribution >= 0.6 is 11.6 Å². The van der Waals surface area contributed by atoms with Gasteiger partial charge in [-0.1, -0.05) is 54.1 Å². The Hall–Kier alpha value is -3.02. The molecule has 1 aromatic heterocycles. The molecular formula is C24H19Cl2NO4. The fraction of sp³-hybridized carbons (Fsp3) is 0.167. The van der Waals surface area contributed by atoms with Crippen LogP contribution in [0.25, 0.3) is 0 Å². The van der Waals surface area contributed by atoms with Gasteiger partial charge in [0.1, 0.15) is 12.0 Å². The number of Topliss-reactive ketones (excluding diaryl/α,β-unsaturated/α-hetero) is 2. The SMILES string of the molecule is O=C(C[n+]1ccccc1)OCC1(Cc2ccc(Cl)cc2)C(=O)c2ccccc2C1=O.[Cl-]. The van der Waals surface area contributed by atoms with E-state index in [-0.39, 0.29) is 43.5 Å². The van der Waals surface area contributed by atoms with E-state index in [1.807, 2.05) is 6.07 Å². The van der Waals surface area contributed by atoms with Crippen LogP contribution in [0.1, 0.15) is 26.3 Å². The molecular weight excluding hydrogens is 437 g/mol. The number of esters is 1. The molecule has 0 spiro atoms. The van der Waals surface area contributed by atoms with Crippen LogP contribution in [0.3, 0.4) is 0 Å². The van der Waals surface area contributed by atoms with Gasteiger partial charge in [0.05, 0.1) is 0 Å². The van der Waals surface area contributed by atoms with Crippen molar-refractivity contribution in [1.82, 2.24) is 0 Å². The average molecular weight is 456 g/mol. The number of carbonyl (C=O) groups is 3. The lowest BCUT2D eigenvalue weighted by atomic mass is 9.77. The summed E-state index contributed by atoms with van der Waals surface area (Å²) in [7, 11) is 0. The molecule has 0 radical (unpaired) electrons. The Morgan fingerprint density at radius 1 is 0.871 bits per heavy atom. The van der Waals surface area contributed by atoms with Crippen LogP contribution in [0.2, 0.25) is 5.02 Å². The quantitative estimate of drug-likeness (QED) is 0.308. The summed E-state index contributed by atoms with van der Waals surface area (Å²) in [6, 6.07) is 19.1. The first-order valence-corrected chi connectivity index (χ1v) is 9.90. The molecule has 0 N–H and O–H groups in total. The number of hydrogen-bond donors (Lipinski definition) is 0. The number of hydrogen-bond acceptors (Lipinski definition) is 4. The van der Waals surface area contributed by atoms with Gasteiger partial charge in [-0.3, -0.25) is 9.59 Å². The molecule has 158 valence electrons. The van der Waals surface area contributed by atoms with Crippen molar-refractivity contribution < 1.29 is 36.1 Å². The Bertz CT molecular complexity index is 1080. The molecule has 4 rings (SSSR count). The number of aromatic nitrogens is 1. The molecule has 0 atom stereocenters. The lowest BCUT2D eigenvalue weighted by Crippen LogP contribution is -3.00. The number of ether oxygens (including phenoxy) is 1. The number of rotatable bonds is 6. The second kappa shape index (κ2) is 9.41. The van der Waals surface area contributed by atoms with Crippen molar-refractivity contribution in [3.05, 3.63) is 101 Å². The van der Waals surface area contributed by atoms with Gasteiger partial charge < -0.3 is 17.1 Å². The average Bonchev–Trinajstić information content (AvgIpc) is 2.97. The van der Waals surface area contributed by atoms with E-state index in [2.05, 4.69) is 0 Å². The van der Waals surface area contributed by atoms with Crippen molar-refractivity contribution in [2.75, 3.05) is 6.61 Å². The van der Waals surface area contributed by atoms with E-state index in [1.165, 1.54) is 0 Å². The molecule has 7 heteroatoms. The molecule has 0 aliphatic heterocycles. The molecule has 0 saturated carbocycles. The third kappa shape index (κ3) is 4.53. The highest BCUT2D eigenvalue weighted by Crippen LogP contribution is 2.40. The lowest BCUT2D eigenvalue weighted by Gasteiger charge is -2.25. The highest BCUT2D eigenvalue weighted by Gasteiger charge is 2.53.